The number of aromatic nitrogens is 2. The molecule has 1 aromatic heterocycles. The van der Waals surface area contributed by atoms with E-state index in [1.807, 2.05) is 13.8 Å². The molecule has 0 spiro atoms. The van der Waals surface area contributed by atoms with Gasteiger partial charge in [-0.2, -0.15) is 0 Å². The van der Waals surface area contributed by atoms with Crippen molar-refractivity contribution < 1.29 is 9.18 Å². The quantitative estimate of drug-likeness (QED) is 0.894. The van der Waals surface area contributed by atoms with Crippen LogP contribution in [0.5, 0.6) is 0 Å². The fourth-order valence-electron chi connectivity index (χ4n) is 3.71. The van der Waals surface area contributed by atoms with E-state index in [0.29, 0.717) is 24.7 Å². The zero-order chi connectivity index (χ0) is 18.7. The van der Waals surface area contributed by atoms with Crippen molar-refractivity contribution in [3.05, 3.63) is 52.9 Å². The first-order chi connectivity index (χ1) is 12.5. The van der Waals surface area contributed by atoms with E-state index in [0.717, 1.165) is 43.0 Å². The van der Waals surface area contributed by atoms with Crippen molar-refractivity contribution in [2.75, 3.05) is 26.7 Å². The van der Waals surface area contributed by atoms with E-state index in [1.165, 1.54) is 12.1 Å². The Morgan fingerprint density at radius 3 is 2.54 bits per heavy atom. The Hall–Kier alpha value is -2.21. The molecule has 0 radical (unpaired) electrons. The van der Waals surface area contributed by atoms with Gasteiger partial charge in [0.15, 0.2) is 0 Å². The fraction of sp³-hybridized carbons (Fsp3) is 0.500. The summed E-state index contributed by atoms with van der Waals surface area (Å²) in [4.78, 5) is 19.4. The molecule has 1 N–H and O–H groups in total. The molecule has 0 atom stereocenters. The molecule has 2 aromatic rings. The smallest absolute Gasteiger partial charge is 0.271 e. The van der Waals surface area contributed by atoms with Gasteiger partial charge in [0, 0.05) is 18.3 Å². The van der Waals surface area contributed by atoms with Crippen LogP contribution in [0.25, 0.3) is 0 Å². The highest BCUT2D eigenvalue weighted by atomic mass is 19.1. The van der Waals surface area contributed by atoms with Crippen LogP contribution in [0.2, 0.25) is 0 Å². The van der Waals surface area contributed by atoms with Gasteiger partial charge in [-0.25, -0.2) is 9.37 Å². The van der Waals surface area contributed by atoms with Gasteiger partial charge >= 0.3 is 0 Å². The molecule has 0 aliphatic carbocycles. The van der Waals surface area contributed by atoms with Gasteiger partial charge in [0.25, 0.3) is 5.91 Å². The van der Waals surface area contributed by atoms with Gasteiger partial charge in [0.2, 0.25) is 0 Å². The van der Waals surface area contributed by atoms with Gasteiger partial charge in [0.05, 0.1) is 0 Å². The zero-order valence-corrected chi connectivity index (χ0v) is 15.8. The molecule has 3 rings (SSSR count). The number of rotatable bonds is 5. The molecule has 26 heavy (non-hydrogen) atoms. The second-order valence-electron chi connectivity index (χ2n) is 7.13. The number of nitrogens with zero attached hydrogens (tertiary/aromatic N) is 3. The lowest BCUT2D eigenvalue weighted by Gasteiger charge is -2.31. The third-order valence-electron chi connectivity index (χ3n) is 5.21. The molecule has 1 amide bonds. The molecular weight excluding hydrogens is 331 g/mol. The number of amides is 1. The highest BCUT2D eigenvalue weighted by Gasteiger charge is 2.25. The van der Waals surface area contributed by atoms with Gasteiger partial charge < -0.3 is 14.8 Å². The van der Waals surface area contributed by atoms with E-state index in [9.17, 15) is 9.18 Å². The summed E-state index contributed by atoms with van der Waals surface area (Å²) in [6.45, 7) is 6.60. The number of hydrogen-bond donors (Lipinski definition) is 1. The summed E-state index contributed by atoms with van der Waals surface area (Å²) in [5.41, 5.74) is 2.45. The van der Waals surface area contributed by atoms with Crippen molar-refractivity contribution in [1.82, 2.24) is 19.8 Å². The number of halogens is 1. The molecule has 0 unspecified atom stereocenters. The molecule has 140 valence electrons. The fourth-order valence-corrected chi connectivity index (χ4v) is 3.71. The number of piperidine rings is 1. The second kappa shape index (κ2) is 7.99. The molecule has 1 aromatic carbocycles. The van der Waals surface area contributed by atoms with Crippen LogP contribution in [-0.4, -0.2) is 47.0 Å². The molecule has 1 saturated heterocycles. The van der Waals surface area contributed by atoms with E-state index in [2.05, 4.69) is 26.8 Å². The molecule has 1 fully saturated rings. The highest BCUT2D eigenvalue weighted by Crippen LogP contribution is 2.26. The van der Waals surface area contributed by atoms with Crippen molar-refractivity contribution in [2.24, 2.45) is 0 Å². The van der Waals surface area contributed by atoms with Crippen LogP contribution < -0.4 is 5.32 Å². The summed E-state index contributed by atoms with van der Waals surface area (Å²) >= 11 is 0. The first-order valence-corrected chi connectivity index (χ1v) is 9.22. The summed E-state index contributed by atoms with van der Waals surface area (Å²) in [6, 6.07) is 6.78. The summed E-state index contributed by atoms with van der Waals surface area (Å²) in [5.74, 6) is 0.517. The van der Waals surface area contributed by atoms with Crippen LogP contribution in [0.3, 0.4) is 0 Å². The number of nitrogens with one attached hydrogen (secondary N) is 1. The largest absolute Gasteiger partial charge is 0.350 e. The molecule has 1 aliphatic heterocycles. The minimum absolute atomic E-state index is 0.139. The number of hydrogen-bond acceptors (Lipinski definition) is 3. The number of benzene rings is 1. The lowest BCUT2D eigenvalue weighted by atomic mass is 10.0. The molecule has 0 bridgehead atoms. The van der Waals surface area contributed by atoms with Gasteiger partial charge in [-0.3, -0.25) is 4.79 Å². The number of carbonyl (C=O) groups is 1. The normalized spacial score (nSPS) is 16.0. The average molecular weight is 358 g/mol. The predicted molar refractivity (Wildman–Crippen MR) is 99.9 cm³/mol. The maximum Gasteiger partial charge on any atom is 0.271 e. The zero-order valence-electron chi connectivity index (χ0n) is 15.8. The van der Waals surface area contributed by atoms with Crippen molar-refractivity contribution in [3.63, 3.8) is 0 Å². The molecule has 6 heteroatoms. The van der Waals surface area contributed by atoms with Crippen molar-refractivity contribution in [1.29, 1.82) is 0 Å². The molecule has 1 aliphatic rings. The van der Waals surface area contributed by atoms with E-state index in [4.69, 9.17) is 0 Å². The van der Waals surface area contributed by atoms with Gasteiger partial charge in [-0.15, -0.1) is 0 Å². The van der Waals surface area contributed by atoms with Crippen LogP contribution in [0.15, 0.2) is 24.3 Å². The molecule has 2 heterocycles. The summed E-state index contributed by atoms with van der Waals surface area (Å²) in [6.07, 6.45) is 2.83. The Morgan fingerprint density at radius 2 is 1.88 bits per heavy atom. The Labute approximate surface area is 154 Å². The minimum Gasteiger partial charge on any atom is -0.350 e. The van der Waals surface area contributed by atoms with Crippen LogP contribution in [0.4, 0.5) is 4.39 Å². The van der Waals surface area contributed by atoms with Gasteiger partial charge in [-0.05, 0) is 70.9 Å². The van der Waals surface area contributed by atoms with Crippen LogP contribution in [0, 0.1) is 19.7 Å². The average Bonchev–Trinajstić information content (AvgIpc) is 2.92. The highest BCUT2D eigenvalue weighted by molar-refractivity contribution is 5.93. The monoisotopic (exact) mass is 358 g/mol. The predicted octanol–water partition coefficient (Wildman–Crippen LogP) is 2.88. The number of carbonyl (C=O) groups excluding carboxylic acids is 1. The second-order valence-corrected chi connectivity index (χ2v) is 7.13. The Balaban J connectivity index is 1.62. The maximum absolute atomic E-state index is 12.9. The summed E-state index contributed by atoms with van der Waals surface area (Å²) < 4.78 is 15.2. The third-order valence-corrected chi connectivity index (χ3v) is 5.21. The Bertz CT molecular complexity index is 761. The van der Waals surface area contributed by atoms with Crippen molar-refractivity contribution >= 4 is 5.91 Å². The van der Waals surface area contributed by atoms with E-state index >= 15 is 0 Å². The van der Waals surface area contributed by atoms with Crippen molar-refractivity contribution in [2.45, 2.75) is 39.2 Å². The topological polar surface area (TPSA) is 50.2 Å². The third kappa shape index (κ3) is 4.12. The molecular formula is C20H27FN4O. The molecule has 0 saturated carbocycles. The van der Waals surface area contributed by atoms with Crippen molar-refractivity contribution in [3.8, 4) is 0 Å². The molecule has 5 nitrogen and oxygen atoms in total. The summed E-state index contributed by atoms with van der Waals surface area (Å²) in [5, 5.41) is 2.94. The lowest BCUT2D eigenvalue weighted by molar-refractivity contribution is 0.0948. The lowest BCUT2D eigenvalue weighted by Crippen LogP contribution is -2.32. The van der Waals surface area contributed by atoms with E-state index in [1.54, 1.807) is 12.1 Å². The minimum atomic E-state index is -0.247. The Kier molecular flexibility index (Phi) is 5.71. The number of likely N-dealkylation sites (tertiary alicyclic amines) is 1. The van der Waals surface area contributed by atoms with Crippen LogP contribution in [-0.2, 0) is 6.42 Å². The first-order valence-electron chi connectivity index (χ1n) is 9.22. The SMILES string of the molecule is Cc1nc(C(=O)NCCc2ccc(F)cc2)c(C)n1C1CCN(C)CC1. The standard InChI is InChI=1S/C20H27FN4O/c1-14-19(20(26)22-11-8-16-4-6-17(21)7-5-16)23-15(2)25(14)18-9-12-24(3)13-10-18/h4-7,18H,8-13H2,1-3H3,(H,22,26). The number of imidazole rings is 1. The van der Waals surface area contributed by atoms with Gasteiger partial charge in [0.1, 0.15) is 17.3 Å². The first kappa shape index (κ1) is 18.6. The number of aryl methyl sites for hydroxylation is 1. The summed E-state index contributed by atoms with van der Waals surface area (Å²) in [7, 11) is 2.14. The van der Waals surface area contributed by atoms with E-state index < -0.39 is 0 Å². The van der Waals surface area contributed by atoms with Crippen LogP contribution in [0.1, 0.15) is 46.5 Å². The van der Waals surface area contributed by atoms with E-state index in [-0.39, 0.29) is 11.7 Å². The van der Waals surface area contributed by atoms with Crippen LogP contribution >= 0.6 is 0 Å². The Morgan fingerprint density at radius 1 is 1.23 bits per heavy atom. The maximum atomic E-state index is 12.9. The van der Waals surface area contributed by atoms with Gasteiger partial charge in [-0.1, -0.05) is 12.1 Å².